The maximum Gasteiger partial charge on any atom is 0.178 e. The highest BCUT2D eigenvalue weighted by Crippen LogP contribution is 2.39. The second kappa shape index (κ2) is 11.2. The molecule has 1 unspecified atom stereocenters. The molecular formula is C27H33BrN2O4S. The molecule has 2 heterocycles. The van der Waals surface area contributed by atoms with Crippen molar-refractivity contribution in [1.82, 2.24) is 9.88 Å². The lowest BCUT2D eigenvalue weighted by molar-refractivity contribution is 0.190. The van der Waals surface area contributed by atoms with Crippen LogP contribution in [0.1, 0.15) is 49.9 Å². The van der Waals surface area contributed by atoms with E-state index in [9.17, 15) is 8.42 Å². The molecule has 1 N–H and O–H groups in total. The number of sulfone groups is 1. The first-order chi connectivity index (χ1) is 16.9. The Morgan fingerprint density at radius 1 is 1.03 bits per heavy atom. The van der Waals surface area contributed by atoms with Crippen LogP contribution in [-0.2, 0) is 16.4 Å². The Hall–Kier alpha value is -2.29. The van der Waals surface area contributed by atoms with Crippen LogP contribution in [0, 0.1) is 0 Å². The fourth-order valence-electron chi connectivity index (χ4n) is 4.79. The van der Waals surface area contributed by atoms with Gasteiger partial charge < -0.3 is 14.5 Å². The predicted octanol–water partition coefficient (Wildman–Crippen LogP) is 6.37. The van der Waals surface area contributed by atoms with Gasteiger partial charge in [-0.15, -0.1) is 0 Å². The van der Waals surface area contributed by atoms with E-state index in [2.05, 4.69) is 44.0 Å². The van der Waals surface area contributed by atoms with Crippen molar-refractivity contribution in [2.45, 2.75) is 50.1 Å². The van der Waals surface area contributed by atoms with E-state index < -0.39 is 9.84 Å². The van der Waals surface area contributed by atoms with Crippen molar-refractivity contribution >= 4 is 25.8 Å². The van der Waals surface area contributed by atoms with Crippen LogP contribution in [0.2, 0.25) is 0 Å². The number of methoxy groups -OCH3 is 2. The zero-order valence-electron chi connectivity index (χ0n) is 20.5. The summed E-state index contributed by atoms with van der Waals surface area (Å²) in [5.74, 6) is 1.53. The summed E-state index contributed by atoms with van der Waals surface area (Å²) in [6.45, 7) is 3.47. The molecule has 1 aliphatic heterocycles. The number of rotatable bonds is 8. The van der Waals surface area contributed by atoms with E-state index in [1.54, 1.807) is 33.3 Å². The fourth-order valence-corrected chi connectivity index (χ4v) is 6.49. The van der Waals surface area contributed by atoms with Gasteiger partial charge in [0.15, 0.2) is 9.84 Å². The van der Waals surface area contributed by atoms with E-state index in [0.29, 0.717) is 16.3 Å². The number of aromatic amines is 1. The molecule has 0 radical (unpaired) electrons. The summed E-state index contributed by atoms with van der Waals surface area (Å²) >= 11 is 3.50. The summed E-state index contributed by atoms with van der Waals surface area (Å²) in [5.41, 5.74) is 3.95. The highest BCUT2D eigenvalue weighted by molar-refractivity contribution is 9.10. The molecule has 1 atom stereocenters. The molecule has 4 rings (SSSR count). The van der Waals surface area contributed by atoms with Gasteiger partial charge in [-0.25, -0.2) is 8.42 Å². The molecule has 188 valence electrons. The van der Waals surface area contributed by atoms with Crippen LogP contribution in [0.15, 0.2) is 57.9 Å². The molecule has 1 saturated heterocycles. The van der Waals surface area contributed by atoms with Gasteiger partial charge in [0, 0.05) is 29.5 Å². The van der Waals surface area contributed by atoms with Crippen LogP contribution in [0.5, 0.6) is 11.5 Å². The Kier molecular flexibility index (Phi) is 8.24. The molecule has 0 spiro atoms. The third-order valence-electron chi connectivity index (χ3n) is 6.73. The molecule has 0 aliphatic carbocycles. The van der Waals surface area contributed by atoms with Gasteiger partial charge in [-0.2, -0.15) is 0 Å². The molecule has 6 nitrogen and oxygen atoms in total. The van der Waals surface area contributed by atoms with Gasteiger partial charge >= 0.3 is 0 Å². The second-order valence-electron chi connectivity index (χ2n) is 8.90. The second-order valence-corrected chi connectivity index (χ2v) is 12.0. The fraction of sp³-hybridized carbons (Fsp3) is 0.407. The topological polar surface area (TPSA) is 71.6 Å². The zero-order chi connectivity index (χ0) is 25.0. The Bertz CT molecular complexity index is 1250. The van der Waals surface area contributed by atoms with Crippen molar-refractivity contribution < 1.29 is 17.9 Å². The van der Waals surface area contributed by atoms with Gasteiger partial charge in [-0.3, -0.25) is 4.90 Å². The lowest BCUT2D eigenvalue weighted by atomic mass is 10.0. The summed E-state index contributed by atoms with van der Waals surface area (Å²) in [6.07, 6.45) is 4.76. The summed E-state index contributed by atoms with van der Waals surface area (Å²) < 4.78 is 36.7. The number of ether oxygens (including phenoxy) is 2. The van der Waals surface area contributed by atoms with E-state index in [4.69, 9.17) is 9.47 Å². The van der Waals surface area contributed by atoms with Crippen LogP contribution in [-0.4, -0.2) is 44.8 Å². The normalized spacial score (nSPS) is 17.2. The highest BCUT2D eigenvalue weighted by Gasteiger charge is 2.24. The van der Waals surface area contributed by atoms with E-state index >= 15 is 0 Å². The van der Waals surface area contributed by atoms with Gasteiger partial charge in [0.05, 0.1) is 29.3 Å². The van der Waals surface area contributed by atoms with Crippen molar-refractivity contribution in [3.8, 4) is 22.8 Å². The van der Waals surface area contributed by atoms with Crippen molar-refractivity contribution in [3.05, 3.63) is 64.3 Å². The molecule has 8 heteroatoms. The highest BCUT2D eigenvalue weighted by atomic mass is 79.9. The largest absolute Gasteiger partial charge is 0.497 e. The van der Waals surface area contributed by atoms with Crippen molar-refractivity contribution in [1.29, 1.82) is 0 Å². The Labute approximate surface area is 216 Å². The monoisotopic (exact) mass is 560 g/mol. The Morgan fingerprint density at radius 2 is 1.80 bits per heavy atom. The number of hydrogen-bond donors (Lipinski definition) is 1. The van der Waals surface area contributed by atoms with Gasteiger partial charge in [-0.1, -0.05) is 31.9 Å². The first-order valence-electron chi connectivity index (χ1n) is 12.0. The number of halogens is 1. The Balaban J connectivity index is 1.63. The van der Waals surface area contributed by atoms with Crippen LogP contribution in [0.3, 0.4) is 0 Å². The summed E-state index contributed by atoms with van der Waals surface area (Å²) in [6, 6.07) is 16.2. The first kappa shape index (κ1) is 25.8. The quantitative estimate of drug-likeness (QED) is 0.346. The number of H-pyrrole nitrogens is 1. The number of nitrogens with zero attached hydrogens (tertiary/aromatic N) is 1. The van der Waals surface area contributed by atoms with E-state index in [1.165, 1.54) is 24.8 Å². The van der Waals surface area contributed by atoms with Gasteiger partial charge in [0.1, 0.15) is 11.5 Å². The standard InChI is InChI=1S/C27H33BrN2O4S/c1-4-35(31,32)22-16-23(27(34-3)24(28)17-22)25-14-11-20(29-25)18-30-15-7-5-6-8-26(30)19-9-12-21(33-2)13-10-19/h9-14,16-17,26,29H,4-8,15,18H2,1-3H3. The molecule has 1 fully saturated rings. The number of nitrogens with one attached hydrogen (secondary N) is 1. The molecule has 2 aromatic carbocycles. The summed E-state index contributed by atoms with van der Waals surface area (Å²) in [7, 11) is -0.0692. The maximum absolute atomic E-state index is 12.6. The van der Waals surface area contributed by atoms with Crippen LogP contribution in [0.4, 0.5) is 0 Å². The smallest absolute Gasteiger partial charge is 0.178 e. The molecular weight excluding hydrogens is 528 g/mol. The average molecular weight is 562 g/mol. The van der Waals surface area contributed by atoms with Gasteiger partial charge in [0.25, 0.3) is 0 Å². The Morgan fingerprint density at radius 3 is 2.49 bits per heavy atom. The number of aromatic nitrogens is 1. The molecule has 0 bridgehead atoms. The van der Waals surface area contributed by atoms with Crippen LogP contribution < -0.4 is 9.47 Å². The van der Waals surface area contributed by atoms with Crippen LogP contribution >= 0.6 is 15.9 Å². The SMILES string of the molecule is CCS(=O)(=O)c1cc(Br)c(OC)c(-c2ccc(CN3CCCCCC3c3ccc(OC)cc3)[nH]2)c1. The van der Waals surface area contributed by atoms with Crippen molar-refractivity contribution in [2.24, 2.45) is 0 Å². The first-order valence-corrected chi connectivity index (χ1v) is 14.5. The molecule has 35 heavy (non-hydrogen) atoms. The van der Waals surface area contributed by atoms with Crippen LogP contribution in [0.25, 0.3) is 11.3 Å². The minimum Gasteiger partial charge on any atom is -0.497 e. The number of hydrogen-bond acceptors (Lipinski definition) is 5. The van der Waals surface area contributed by atoms with Gasteiger partial charge in [-0.05, 0) is 77.3 Å². The maximum atomic E-state index is 12.6. The third kappa shape index (κ3) is 5.76. The van der Waals surface area contributed by atoms with Crippen molar-refractivity contribution in [2.75, 3.05) is 26.5 Å². The lowest BCUT2D eigenvalue weighted by Crippen LogP contribution is -2.28. The van der Waals surface area contributed by atoms with Gasteiger partial charge in [0.2, 0.25) is 0 Å². The molecule has 1 aromatic heterocycles. The van der Waals surface area contributed by atoms with Crippen molar-refractivity contribution in [3.63, 3.8) is 0 Å². The molecule has 3 aromatic rings. The summed E-state index contributed by atoms with van der Waals surface area (Å²) in [5, 5.41) is 0. The number of likely N-dealkylation sites (tertiary alicyclic amines) is 1. The van der Waals surface area contributed by atoms with E-state index in [1.807, 2.05) is 18.2 Å². The minimum atomic E-state index is -3.36. The summed E-state index contributed by atoms with van der Waals surface area (Å²) in [4.78, 5) is 6.35. The molecule has 1 aliphatic rings. The lowest BCUT2D eigenvalue weighted by Gasteiger charge is -2.30. The minimum absolute atomic E-state index is 0.0445. The predicted molar refractivity (Wildman–Crippen MR) is 143 cm³/mol. The number of benzene rings is 2. The van der Waals surface area contributed by atoms with E-state index in [0.717, 1.165) is 42.2 Å². The third-order valence-corrected chi connectivity index (χ3v) is 9.04. The zero-order valence-corrected chi connectivity index (χ0v) is 22.9. The molecule has 0 amide bonds. The molecule has 0 saturated carbocycles. The van der Waals surface area contributed by atoms with E-state index in [-0.39, 0.29) is 10.6 Å². The average Bonchev–Trinajstić information content (AvgIpc) is 3.21.